The van der Waals surface area contributed by atoms with E-state index in [0.29, 0.717) is 32.0 Å². The van der Waals surface area contributed by atoms with Crippen molar-refractivity contribution in [3.8, 4) is 0 Å². The molecule has 152 valence electrons. The third kappa shape index (κ3) is 4.78. The molecule has 0 radical (unpaired) electrons. The molecule has 1 amide bonds. The van der Waals surface area contributed by atoms with Crippen molar-refractivity contribution in [1.29, 1.82) is 0 Å². The van der Waals surface area contributed by atoms with Crippen LogP contribution in [0.3, 0.4) is 0 Å². The Morgan fingerprint density at radius 1 is 1.29 bits per heavy atom. The van der Waals surface area contributed by atoms with E-state index in [4.69, 9.17) is 9.47 Å². The van der Waals surface area contributed by atoms with Crippen LogP contribution in [0.2, 0.25) is 0 Å². The molecule has 1 saturated heterocycles. The van der Waals surface area contributed by atoms with Crippen LogP contribution < -0.4 is 10.2 Å². The van der Waals surface area contributed by atoms with Crippen LogP contribution >= 0.6 is 0 Å². The highest BCUT2D eigenvalue weighted by Gasteiger charge is 2.26. The smallest absolute Gasteiger partial charge is 0.339 e. The van der Waals surface area contributed by atoms with Crippen molar-refractivity contribution in [2.75, 3.05) is 31.2 Å². The summed E-state index contributed by atoms with van der Waals surface area (Å²) in [5.41, 5.74) is 0.320. The molecule has 2 fully saturated rings. The van der Waals surface area contributed by atoms with Gasteiger partial charge in [-0.1, -0.05) is 12.8 Å². The number of nitrogens with one attached hydrogen (secondary N) is 1. The SMILES string of the molecule is C[C@H](OC(=O)c1ccc(N2CCOCC2)c([N+](=O)[O-])c1)C(=O)NC1CCCC1. The van der Waals surface area contributed by atoms with Gasteiger partial charge in [0.2, 0.25) is 0 Å². The van der Waals surface area contributed by atoms with Crippen LogP contribution in [0, 0.1) is 10.1 Å². The van der Waals surface area contributed by atoms with Crippen LogP contribution in [0.15, 0.2) is 18.2 Å². The van der Waals surface area contributed by atoms with E-state index < -0.39 is 17.0 Å². The summed E-state index contributed by atoms with van der Waals surface area (Å²) in [6, 6.07) is 4.36. The van der Waals surface area contributed by atoms with Crippen molar-refractivity contribution in [1.82, 2.24) is 5.32 Å². The lowest BCUT2D eigenvalue weighted by Crippen LogP contribution is -2.40. The Bertz CT molecular complexity index is 741. The molecule has 1 atom stereocenters. The van der Waals surface area contributed by atoms with E-state index in [-0.39, 0.29) is 23.2 Å². The largest absolute Gasteiger partial charge is 0.449 e. The fraction of sp³-hybridized carbons (Fsp3) is 0.579. The Labute approximate surface area is 163 Å². The fourth-order valence-corrected chi connectivity index (χ4v) is 3.54. The second kappa shape index (κ2) is 9.01. The van der Waals surface area contributed by atoms with Crippen molar-refractivity contribution in [3.05, 3.63) is 33.9 Å². The first-order valence-corrected chi connectivity index (χ1v) is 9.58. The number of nitro benzene ring substituents is 1. The lowest BCUT2D eigenvalue weighted by Gasteiger charge is -2.28. The Balaban J connectivity index is 1.67. The van der Waals surface area contributed by atoms with E-state index in [9.17, 15) is 19.7 Å². The van der Waals surface area contributed by atoms with Crippen molar-refractivity contribution in [3.63, 3.8) is 0 Å². The quantitative estimate of drug-likeness (QED) is 0.449. The molecule has 9 nitrogen and oxygen atoms in total. The van der Waals surface area contributed by atoms with E-state index in [1.54, 1.807) is 6.07 Å². The van der Waals surface area contributed by atoms with E-state index in [1.165, 1.54) is 19.1 Å². The molecule has 1 aliphatic carbocycles. The maximum absolute atomic E-state index is 12.4. The molecule has 1 saturated carbocycles. The zero-order valence-corrected chi connectivity index (χ0v) is 15.9. The second-order valence-corrected chi connectivity index (χ2v) is 7.10. The van der Waals surface area contributed by atoms with Crippen molar-refractivity contribution in [2.45, 2.75) is 44.8 Å². The van der Waals surface area contributed by atoms with Crippen LogP contribution in [0.25, 0.3) is 0 Å². The number of carbonyl (C=O) groups excluding carboxylic acids is 2. The van der Waals surface area contributed by atoms with E-state index in [0.717, 1.165) is 25.7 Å². The topological polar surface area (TPSA) is 111 Å². The molecule has 0 unspecified atom stereocenters. The summed E-state index contributed by atoms with van der Waals surface area (Å²) in [6.07, 6.45) is 3.06. The number of rotatable bonds is 6. The third-order valence-electron chi connectivity index (χ3n) is 5.11. The predicted octanol–water partition coefficient (Wildman–Crippen LogP) is 2.04. The summed E-state index contributed by atoms with van der Waals surface area (Å²) in [7, 11) is 0. The van der Waals surface area contributed by atoms with Crippen LogP contribution in [0.4, 0.5) is 11.4 Å². The number of ether oxygens (including phenoxy) is 2. The Kier molecular flexibility index (Phi) is 6.45. The van der Waals surface area contributed by atoms with Gasteiger partial charge in [-0.25, -0.2) is 4.79 Å². The normalized spacial score (nSPS) is 18.5. The molecule has 1 aromatic carbocycles. The fourth-order valence-electron chi connectivity index (χ4n) is 3.54. The molecular formula is C19H25N3O6. The molecule has 1 aliphatic heterocycles. The molecule has 2 aliphatic rings. The van der Waals surface area contributed by atoms with Gasteiger partial charge in [-0.15, -0.1) is 0 Å². The number of carbonyl (C=O) groups is 2. The summed E-state index contributed by atoms with van der Waals surface area (Å²) >= 11 is 0. The van der Waals surface area contributed by atoms with Crippen LogP contribution in [0.5, 0.6) is 0 Å². The summed E-state index contributed by atoms with van der Waals surface area (Å²) in [5, 5.41) is 14.4. The molecule has 9 heteroatoms. The number of morpholine rings is 1. The molecule has 1 N–H and O–H groups in total. The molecule has 0 spiro atoms. The Morgan fingerprint density at radius 3 is 2.61 bits per heavy atom. The number of esters is 1. The number of nitrogens with zero attached hydrogens (tertiary/aromatic N) is 2. The van der Waals surface area contributed by atoms with Crippen molar-refractivity contribution in [2.24, 2.45) is 0 Å². The Hall–Kier alpha value is -2.68. The lowest BCUT2D eigenvalue weighted by atomic mass is 10.1. The number of hydrogen-bond donors (Lipinski definition) is 1. The van der Waals surface area contributed by atoms with Gasteiger partial charge in [0.25, 0.3) is 11.6 Å². The van der Waals surface area contributed by atoms with Crippen molar-refractivity contribution >= 4 is 23.3 Å². The monoisotopic (exact) mass is 391 g/mol. The molecule has 1 heterocycles. The predicted molar refractivity (Wildman–Crippen MR) is 101 cm³/mol. The zero-order valence-electron chi connectivity index (χ0n) is 15.9. The standard InChI is InChI=1S/C19H25N3O6/c1-13(18(23)20-15-4-2-3-5-15)28-19(24)14-6-7-16(17(12-14)22(25)26)21-8-10-27-11-9-21/h6-7,12-13,15H,2-5,8-11H2,1H3,(H,20,23)/t13-/m0/s1. The maximum atomic E-state index is 12.4. The molecule has 3 rings (SSSR count). The zero-order chi connectivity index (χ0) is 20.1. The van der Waals surface area contributed by atoms with Gasteiger partial charge in [0, 0.05) is 25.2 Å². The van der Waals surface area contributed by atoms with Crippen LogP contribution in [0.1, 0.15) is 43.0 Å². The number of anilines is 1. The molecular weight excluding hydrogens is 366 g/mol. The summed E-state index contributed by atoms with van der Waals surface area (Å²) in [4.78, 5) is 37.4. The highest BCUT2D eigenvalue weighted by molar-refractivity contribution is 5.93. The van der Waals surface area contributed by atoms with Gasteiger partial charge in [0.05, 0.1) is 23.7 Å². The summed E-state index contributed by atoms with van der Waals surface area (Å²) in [5.74, 6) is -1.11. The first-order valence-electron chi connectivity index (χ1n) is 9.58. The number of amides is 1. The van der Waals surface area contributed by atoms with E-state index in [1.807, 2.05) is 4.90 Å². The minimum absolute atomic E-state index is 0.0456. The molecule has 28 heavy (non-hydrogen) atoms. The average molecular weight is 391 g/mol. The van der Waals surface area contributed by atoms with Gasteiger partial charge < -0.3 is 19.7 Å². The van der Waals surface area contributed by atoms with Gasteiger partial charge in [0.1, 0.15) is 5.69 Å². The van der Waals surface area contributed by atoms with Gasteiger partial charge in [0.15, 0.2) is 6.10 Å². The van der Waals surface area contributed by atoms with Crippen LogP contribution in [-0.4, -0.2) is 55.2 Å². The molecule has 0 bridgehead atoms. The van der Waals surface area contributed by atoms with Gasteiger partial charge in [-0.05, 0) is 31.9 Å². The van der Waals surface area contributed by atoms with Gasteiger partial charge >= 0.3 is 5.97 Å². The Morgan fingerprint density at radius 2 is 1.96 bits per heavy atom. The highest BCUT2D eigenvalue weighted by Crippen LogP contribution is 2.30. The van der Waals surface area contributed by atoms with E-state index in [2.05, 4.69) is 5.32 Å². The number of nitro groups is 1. The number of hydrogen-bond acceptors (Lipinski definition) is 7. The summed E-state index contributed by atoms with van der Waals surface area (Å²) < 4.78 is 10.5. The van der Waals surface area contributed by atoms with Gasteiger partial charge in [-0.2, -0.15) is 0 Å². The first kappa shape index (κ1) is 20.1. The van der Waals surface area contributed by atoms with Gasteiger partial charge in [-0.3, -0.25) is 14.9 Å². The average Bonchev–Trinajstić information content (AvgIpc) is 3.21. The minimum atomic E-state index is -0.967. The number of benzene rings is 1. The maximum Gasteiger partial charge on any atom is 0.339 e. The molecule has 1 aromatic rings. The lowest BCUT2D eigenvalue weighted by molar-refractivity contribution is -0.384. The minimum Gasteiger partial charge on any atom is -0.449 e. The first-order chi connectivity index (χ1) is 13.5. The highest BCUT2D eigenvalue weighted by atomic mass is 16.6. The third-order valence-corrected chi connectivity index (χ3v) is 5.11. The van der Waals surface area contributed by atoms with Crippen molar-refractivity contribution < 1.29 is 24.0 Å². The summed E-state index contributed by atoms with van der Waals surface area (Å²) in [6.45, 7) is 3.58. The van der Waals surface area contributed by atoms with Crippen LogP contribution in [-0.2, 0) is 14.3 Å². The second-order valence-electron chi connectivity index (χ2n) is 7.10. The van der Waals surface area contributed by atoms with E-state index >= 15 is 0 Å². The molecule has 0 aromatic heterocycles.